The highest BCUT2D eigenvalue weighted by Gasteiger charge is 2.46. The number of fused-ring (bicyclic) bond motifs is 2. The van der Waals surface area contributed by atoms with Crippen LogP contribution in [0.25, 0.3) is 10.9 Å². The predicted molar refractivity (Wildman–Crippen MR) is 314 cm³/mol. The van der Waals surface area contributed by atoms with Crippen molar-refractivity contribution >= 4 is 62.2 Å². The molecule has 2 aromatic heterocycles. The zero-order valence-electron chi connectivity index (χ0n) is 49.3. The number of benzene rings is 2. The Morgan fingerprint density at radius 3 is 2.29 bits per heavy atom. The number of piperazine rings is 1. The maximum Gasteiger partial charge on any atom is 0.410 e. The summed E-state index contributed by atoms with van der Waals surface area (Å²) in [6.07, 6.45) is 10.6. The number of aliphatic imine (C=N–C) groups is 1. The lowest BCUT2D eigenvalue weighted by atomic mass is 9.83. The molecule has 3 N–H and O–H groups in total. The zero-order chi connectivity index (χ0) is 58.7. The van der Waals surface area contributed by atoms with Gasteiger partial charge in [-0.1, -0.05) is 43.5 Å². The first kappa shape index (κ1) is 59.7. The van der Waals surface area contributed by atoms with Crippen LogP contribution < -0.4 is 30.3 Å². The number of carbonyl (C=O) groups is 4. The molecule has 3 fully saturated rings. The van der Waals surface area contributed by atoms with Crippen LogP contribution in [0.2, 0.25) is 0 Å². The first-order chi connectivity index (χ1) is 38.9. The summed E-state index contributed by atoms with van der Waals surface area (Å²) < 4.78 is 45.5. The summed E-state index contributed by atoms with van der Waals surface area (Å²) in [4.78, 5) is 87.0. The van der Waals surface area contributed by atoms with E-state index in [9.17, 15) is 22.8 Å². The maximum atomic E-state index is 15.2. The van der Waals surface area contributed by atoms with Crippen LogP contribution in [0, 0.1) is 5.92 Å². The lowest BCUT2D eigenvalue weighted by molar-refractivity contribution is -0.143. The largest absolute Gasteiger partial charge is 0.491 e. The summed E-state index contributed by atoms with van der Waals surface area (Å²) in [5.41, 5.74) is 4.22. The van der Waals surface area contributed by atoms with Crippen molar-refractivity contribution in [3.8, 4) is 11.5 Å². The van der Waals surface area contributed by atoms with E-state index < -0.39 is 56.4 Å². The van der Waals surface area contributed by atoms with Crippen LogP contribution in [-0.4, -0.2) is 167 Å². The van der Waals surface area contributed by atoms with E-state index in [1.807, 2.05) is 26.0 Å². The van der Waals surface area contributed by atoms with Gasteiger partial charge in [-0.25, -0.2) is 33.1 Å². The monoisotopic (exact) mass is 1150 g/mol. The number of likely N-dealkylation sites (tertiary alicyclic amines) is 1. The molecule has 21 nitrogen and oxygen atoms in total. The average molecular weight is 1150 g/mol. The van der Waals surface area contributed by atoms with Gasteiger partial charge < -0.3 is 40.0 Å². The summed E-state index contributed by atoms with van der Waals surface area (Å²) in [5, 5.41) is 10.2. The van der Waals surface area contributed by atoms with Crippen molar-refractivity contribution < 1.29 is 41.8 Å². The van der Waals surface area contributed by atoms with Crippen LogP contribution in [-0.2, 0) is 35.4 Å². The molecule has 0 unspecified atom stereocenters. The SMILES string of the molecule is CC1=C(C)C(Nc2ncnc3cc(OCCN4CCN(c5ncc(O[C@H]6C[C@@H](C(=O)N[C@@H]7CCCc8ccccc87)N(C(=O)[C@@H](NC(=O)[C@H](C)N(C)C(=O)OC(C)(C)C)C7CCCCC7)C6)cn5)CC4)c(S(=O)(=O)C(C)(C)C)cc23)=NC1. The summed E-state index contributed by atoms with van der Waals surface area (Å²) in [5.74, 6) is 1.01. The molecule has 3 aliphatic heterocycles. The van der Waals surface area contributed by atoms with Crippen LogP contribution in [0.15, 0.2) is 76.2 Å². The molecule has 5 atom stereocenters. The fraction of sp³-hybridized carbons (Fsp3) is 0.583. The minimum Gasteiger partial charge on any atom is -0.491 e. The van der Waals surface area contributed by atoms with E-state index in [0.717, 1.165) is 68.1 Å². The number of aromatic nitrogens is 4. The van der Waals surface area contributed by atoms with E-state index in [1.54, 1.807) is 77.9 Å². The standard InChI is InChI=1S/C60H82N12O9S/c1-37-32-61-52(38(37)2)68-53-45-30-50(82(77,78)60(7,8)9)49(31-47(45)64-36-65-53)79-28-27-70-23-25-71(26-24-70)57-62-33-43(34-63-57)80-42-29-48(55(74)66-46-22-16-20-40-17-14-15-21-44(40)46)72(35-42)56(75)51(41-18-12-11-13-19-41)67-54(73)39(3)69(10)58(76)81-59(4,5)6/h14-15,17,21,30-31,33-34,36,39,41-42,46,48,51H,11-13,16,18-20,22-29,32,35H2,1-10H3,(H,66,74)(H,67,73)(H,61,64,65,68)/t39-,42-,46+,48-,51-/m0/s1. The summed E-state index contributed by atoms with van der Waals surface area (Å²) >= 11 is 0. The molecule has 2 saturated heterocycles. The third-order valence-corrected chi connectivity index (χ3v) is 19.1. The number of anilines is 2. The molecular weight excluding hydrogens is 1060 g/mol. The highest BCUT2D eigenvalue weighted by molar-refractivity contribution is 7.92. The Morgan fingerprint density at radius 1 is 0.890 bits per heavy atom. The minimum atomic E-state index is -3.86. The first-order valence-electron chi connectivity index (χ1n) is 29.0. The molecular formula is C60H82N12O9S. The number of nitrogens with one attached hydrogen (secondary N) is 3. The van der Waals surface area contributed by atoms with Crippen molar-refractivity contribution in [2.75, 3.05) is 69.7 Å². The van der Waals surface area contributed by atoms with Crippen LogP contribution in [0.4, 0.5) is 16.6 Å². The maximum absolute atomic E-state index is 15.2. The van der Waals surface area contributed by atoms with Gasteiger partial charge in [0, 0.05) is 57.6 Å². The number of ether oxygens (including phenoxy) is 3. The Morgan fingerprint density at radius 2 is 1.61 bits per heavy atom. The van der Waals surface area contributed by atoms with Crippen molar-refractivity contribution in [2.45, 2.75) is 166 Å². The number of rotatable bonds is 16. The van der Waals surface area contributed by atoms with Gasteiger partial charge in [-0.05, 0) is 129 Å². The van der Waals surface area contributed by atoms with Gasteiger partial charge in [-0.15, -0.1) is 0 Å². The molecule has 82 heavy (non-hydrogen) atoms. The third kappa shape index (κ3) is 13.6. The quantitative estimate of drug-likeness (QED) is 0.100. The second-order valence-corrected chi connectivity index (χ2v) is 27.2. The average Bonchev–Trinajstić information content (AvgIpc) is 3.01. The molecule has 0 radical (unpaired) electrons. The van der Waals surface area contributed by atoms with E-state index >= 15 is 4.79 Å². The molecule has 4 aromatic rings. The molecule has 0 spiro atoms. The predicted octanol–water partition coefficient (Wildman–Crippen LogP) is 7.22. The number of aryl methyl sites for hydroxylation is 1. The van der Waals surface area contributed by atoms with Crippen LogP contribution >= 0.6 is 0 Å². The van der Waals surface area contributed by atoms with E-state index in [2.05, 4.69) is 52.8 Å². The normalized spacial score (nSPS) is 20.9. The second kappa shape index (κ2) is 24.9. The Kier molecular flexibility index (Phi) is 18.1. The van der Waals surface area contributed by atoms with E-state index in [4.69, 9.17) is 24.2 Å². The molecule has 2 aliphatic carbocycles. The fourth-order valence-corrected chi connectivity index (χ4v) is 12.7. The topological polar surface area (TPSA) is 243 Å². The minimum absolute atomic E-state index is 0.0725. The van der Waals surface area contributed by atoms with E-state index in [0.29, 0.717) is 73.5 Å². The van der Waals surface area contributed by atoms with Crippen molar-refractivity contribution in [1.82, 2.24) is 45.3 Å². The molecule has 5 heterocycles. The van der Waals surface area contributed by atoms with E-state index in [1.165, 1.54) is 23.8 Å². The molecule has 22 heteroatoms. The highest BCUT2D eigenvalue weighted by atomic mass is 32.2. The Hall–Kier alpha value is -6.94. The van der Waals surface area contributed by atoms with E-state index in [-0.39, 0.29) is 54.0 Å². The molecule has 5 aliphatic rings. The number of amidine groups is 1. The Labute approximate surface area is 482 Å². The van der Waals surface area contributed by atoms with Gasteiger partial charge in [0.15, 0.2) is 15.6 Å². The second-order valence-electron chi connectivity index (χ2n) is 24.5. The van der Waals surface area contributed by atoms with Gasteiger partial charge in [-0.2, -0.15) is 0 Å². The molecule has 9 rings (SSSR count). The van der Waals surface area contributed by atoms with Crippen LogP contribution in [0.5, 0.6) is 11.5 Å². The van der Waals surface area contributed by atoms with Gasteiger partial charge in [-0.3, -0.25) is 29.2 Å². The van der Waals surface area contributed by atoms with Gasteiger partial charge in [0.2, 0.25) is 23.7 Å². The smallest absolute Gasteiger partial charge is 0.410 e. The van der Waals surface area contributed by atoms with Gasteiger partial charge >= 0.3 is 6.09 Å². The highest BCUT2D eigenvalue weighted by Crippen LogP contribution is 2.38. The van der Waals surface area contributed by atoms with Gasteiger partial charge in [0.25, 0.3) is 0 Å². The summed E-state index contributed by atoms with van der Waals surface area (Å²) in [6.45, 7) is 20.0. The number of nitrogens with zero attached hydrogens (tertiary/aromatic N) is 9. The fourth-order valence-electron chi connectivity index (χ4n) is 11.4. The number of carbonyl (C=O) groups excluding carboxylic acids is 4. The van der Waals surface area contributed by atoms with Gasteiger partial charge in [0.05, 0.1) is 41.8 Å². The Balaban J connectivity index is 0.849. The van der Waals surface area contributed by atoms with Crippen molar-refractivity contribution in [1.29, 1.82) is 0 Å². The molecule has 442 valence electrons. The number of amides is 4. The molecule has 4 amide bonds. The lowest BCUT2D eigenvalue weighted by Gasteiger charge is -2.36. The lowest BCUT2D eigenvalue weighted by Crippen LogP contribution is -2.59. The first-order valence-corrected chi connectivity index (χ1v) is 30.5. The number of sulfone groups is 1. The van der Waals surface area contributed by atoms with Crippen LogP contribution in [0.3, 0.4) is 0 Å². The summed E-state index contributed by atoms with van der Waals surface area (Å²) in [6, 6.07) is 8.44. The van der Waals surface area contributed by atoms with Crippen LogP contribution in [0.1, 0.15) is 131 Å². The zero-order valence-corrected chi connectivity index (χ0v) is 50.1. The van der Waals surface area contributed by atoms with Crippen molar-refractivity contribution in [3.63, 3.8) is 0 Å². The Bertz CT molecular complexity index is 3180. The van der Waals surface area contributed by atoms with Crippen molar-refractivity contribution in [3.05, 3.63) is 77.4 Å². The number of hydrogen-bond acceptors (Lipinski definition) is 17. The molecule has 2 aromatic carbocycles. The number of hydrogen-bond donors (Lipinski definition) is 3. The number of likely N-dealkylation sites (N-methyl/N-ethyl adjacent to an activating group) is 1. The van der Waals surface area contributed by atoms with Gasteiger partial charge in [0.1, 0.15) is 65.1 Å². The molecule has 0 bridgehead atoms. The summed E-state index contributed by atoms with van der Waals surface area (Å²) in [7, 11) is -2.36. The van der Waals surface area contributed by atoms with Crippen molar-refractivity contribution in [2.24, 2.45) is 10.9 Å². The molecule has 1 saturated carbocycles. The third-order valence-electron chi connectivity index (χ3n) is 16.6.